The summed E-state index contributed by atoms with van der Waals surface area (Å²) < 4.78 is 11.0. The number of anilines is 1. The van der Waals surface area contributed by atoms with E-state index < -0.39 is 0 Å². The minimum atomic E-state index is -0.109. The molecule has 0 aliphatic carbocycles. The van der Waals surface area contributed by atoms with Gasteiger partial charge in [0.25, 0.3) is 0 Å². The molecule has 2 aromatic heterocycles. The second-order valence-electron chi connectivity index (χ2n) is 5.54. The summed E-state index contributed by atoms with van der Waals surface area (Å²) in [5.41, 5.74) is 0. The van der Waals surface area contributed by atoms with Gasteiger partial charge in [-0.2, -0.15) is 0 Å². The summed E-state index contributed by atoms with van der Waals surface area (Å²) in [5.74, 6) is 0.894. The third kappa shape index (κ3) is 3.80. The first kappa shape index (κ1) is 16.6. The summed E-state index contributed by atoms with van der Waals surface area (Å²) in [6.45, 7) is 5.18. The molecule has 9 heteroatoms. The van der Waals surface area contributed by atoms with Crippen molar-refractivity contribution < 1.29 is 14.3 Å². The summed E-state index contributed by atoms with van der Waals surface area (Å²) in [4.78, 5) is 26.7. The Labute approximate surface area is 143 Å². The largest absolute Gasteiger partial charge is 0.481 e. The standard InChI is InChI=1S/C15H19N5O3S/c1-9-12(23-14-4-13(22-3)17-8-18-14)7-20(9)6-11-5-16-15(24-11)19-10(2)21/h4-5,8-9,12H,6-7H2,1-3H3,(H,16,19,21)/t9-,12-/m1/s1. The Morgan fingerprint density at radius 3 is 2.92 bits per heavy atom. The number of rotatable bonds is 6. The van der Waals surface area contributed by atoms with E-state index in [2.05, 4.69) is 32.1 Å². The van der Waals surface area contributed by atoms with Gasteiger partial charge in [0.05, 0.1) is 13.2 Å². The normalized spacial score (nSPS) is 20.3. The van der Waals surface area contributed by atoms with Gasteiger partial charge in [-0.3, -0.25) is 9.69 Å². The SMILES string of the molecule is COc1cc(O[C@@H]2CN(Cc3cnc(NC(C)=O)s3)[C@@H]2C)ncn1. The van der Waals surface area contributed by atoms with Gasteiger partial charge in [0.15, 0.2) is 5.13 Å². The Balaban J connectivity index is 1.52. The lowest BCUT2D eigenvalue weighted by Gasteiger charge is -2.45. The van der Waals surface area contributed by atoms with E-state index in [-0.39, 0.29) is 18.1 Å². The lowest BCUT2D eigenvalue weighted by atomic mass is 10.0. The summed E-state index contributed by atoms with van der Waals surface area (Å²) in [6, 6.07) is 1.94. The van der Waals surface area contributed by atoms with Crippen molar-refractivity contribution in [1.82, 2.24) is 19.9 Å². The summed E-state index contributed by atoms with van der Waals surface area (Å²) >= 11 is 1.49. The Hall–Kier alpha value is -2.26. The minimum absolute atomic E-state index is 0.0762. The van der Waals surface area contributed by atoms with Crippen LogP contribution in [-0.2, 0) is 11.3 Å². The van der Waals surface area contributed by atoms with Crippen LogP contribution in [0.15, 0.2) is 18.6 Å². The third-order valence-corrected chi connectivity index (χ3v) is 4.72. The molecule has 0 spiro atoms. The quantitative estimate of drug-likeness (QED) is 0.846. The zero-order chi connectivity index (χ0) is 17.1. The van der Waals surface area contributed by atoms with Gasteiger partial charge in [-0.05, 0) is 6.92 Å². The molecule has 3 heterocycles. The zero-order valence-corrected chi connectivity index (χ0v) is 14.5. The first-order chi connectivity index (χ1) is 11.5. The van der Waals surface area contributed by atoms with Crippen molar-refractivity contribution in [2.45, 2.75) is 32.5 Å². The van der Waals surface area contributed by atoms with Crippen LogP contribution in [0, 0.1) is 0 Å². The average Bonchev–Trinajstić information content (AvgIpc) is 3.00. The van der Waals surface area contributed by atoms with E-state index in [0.29, 0.717) is 16.9 Å². The molecule has 1 fully saturated rings. The van der Waals surface area contributed by atoms with E-state index in [9.17, 15) is 4.79 Å². The predicted molar refractivity (Wildman–Crippen MR) is 89.3 cm³/mol. The fourth-order valence-electron chi connectivity index (χ4n) is 2.43. The van der Waals surface area contributed by atoms with Crippen molar-refractivity contribution >= 4 is 22.4 Å². The van der Waals surface area contributed by atoms with Crippen LogP contribution in [0.5, 0.6) is 11.8 Å². The number of carbonyl (C=O) groups is 1. The molecular formula is C15H19N5O3S. The van der Waals surface area contributed by atoms with E-state index >= 15 is 0 Å². The van der Waals surface area contributed by atoms with Crippen molar-refractivity contribution in [3.05, 3.63) is 23.5 Å². The number of hydrogen-bond acceptors (Lipinski definition) is 8. The van der Waals surface area contributed by atoms with Gasteiger partial charge in [0.1, 0.15) is 12.4 Å². The van der Waals surface area contributed by atoms with Crippen LogP contribution in [-0.4, -0.2) is 51.6 Å². The average molecular weight is 349 g/mol. The number of aromatic nitrogens is 3. The highest BCUT2D eigenvalue weighted by Gasteiger charge is 2.37. The fraction of sp³-hybridized carbons (Fsp3) is 0.467. The molecule has 1 N–H and O–H groups in total. The molecule has 2 aromatic rings. The number of thiazole rings is 1. The lowest BCUT2D eigenvalue weighted by molar-refractivity contribution is -0.114. The highest BCUT2D eigenvalue weighted by molar-refractivity contribution is 7.15. The Morgan fingerprint density at radius 1 is 1.42 bits per heavy atom. The monoisotopic (exact) mass is 349 g/mol. The van der Waals surface area contributed by atoms with Crippen LogP contribution >= 0.6 is 11.3 Å². The fourth-order valence-corrected chi connectivity index (χ4v) is 3.32. The van der Waals surface area contributed by atoms with Crippen molar-refractivity contribution in [3.8, 4) is 11.8 Å². The lowest BCUT2D eigenvalue weighted by Crippen LogP contribution is -2.60. The molecular weight excluding hydrogens is 330 g/mol. The van der Waals surface area contributed by atoms with Crippen molar-refractivity contribution in [3.63, 3.8) is 0 Å². The van der Waals surface area contributed by atoms with Gasteiger partial charge >= 0.3 is 0 Å². The topological polar surface area (TPSA) is 89.5 Å². The number of ether oxygens (including phenoxy) is 2. The number of likely N-dealkylation sites (tertiary alicyclic amines) is 1. The summed E-state index contributed by atoms with van der Waals surface area (Å²) in [7, 11) is 1.56. The molecule has 1 amide bonds. The van der Waals surface area contributed by atoms with E-state index in [1.54, 1.807) is 19.4 Å². The maximum absolute atomic E-state index is 11.0. The number of carbonyl (C=O) groups excluding carboxylic acids is 1. The van der Waals surface area contributed by atoms with E-state index in [1.165, 1.54) is 24.6 Å². The first-order valence-electron chi connectivity index (χ1n) is 7.54. The van der Waals surface area contributed by atoms with Crippen molar-refractivity contribution in [1.29, 1.82) is 0 Å². The number of amides is 1. The second kappa shape index (κ2) is 7.10. The molecule has 1 aliphatic rings. The maximum atomic E-state index is 11.0. The van der Waals surface area contributed by atoms with E-state index in [0.717, 1.165) is 18.0 Å². The van der Waals surface area contributed by atoms with Crippen LogP contribution < -0.4 is 14.8 Å². The number of nitrogens with one attached hydrogen (secondary N) is 1. The number of hydrogen-bond donors (Lipinski definition) is 1. The maximum Gasteiger partial charge on any atom is 0.223 e. The molecule has 0 bridgehead atoms. The number of methoxy groups -OCH3 is 1. The van der Waals surface area contributed by atoms with Gasteiger partial charge in [-0.1, -0.05) is 0 Å². The van der Waals surface area contributed by atoms with Crippen LogP contribution in [0.4, 0.5) is 5.13 Å². The smallest absolute Gasteiger partial charge is 0.223 e. The summed E-state index contributed by atoms with van der Waals surface area (Å²) in [5, 5.41) is 3.33. The minimum Gasteiger partial charge on any atom is -0.481 e. The zero-order valence-electron chi connectivity index (χ0n) is 13.7. The molecule has 128 valence electrons. The Morgan fingerprint density at radius 2 is 2.21 bits per heavy atom. The predicted octanol–water partition coefficient (Wildman–Crippen LogP) is 1.55. The van der Waals surface area contributed by atoms with Crippen LogP contribution in [0.3, 0.4) is 0 Å². The van der Waals surface area contributed by atoms with Crippen molar-refractivity contribution in [2.24, 2.45) is 0 Å². The molecule has 3 rings (SSSR count). The molecule has 1 aliphatic heterocycles. The Bertz CT molecular complexity index is 723. The number of nitrogens with zero attached hydrogens (tertiary/aromatic N) is 4. The molecule has 0 unspecified atom stereocenters. The molecule has 2 atom stereocenters. The molecule has 8 nitrogen and oxygen atoms in total. The molecule has 0 saturated carbocycles. The van der Waals surface area contributed by atoms with E-state index in [1.807, 2.05) is 0 Å². The molecule has 1 saturated heterocycles. The van der Waals surface area contributed by atoms with Crippen molar-refractivity contribution in [2.75, 3.05) is 19.0 Å². The van der Waals surface area contributed by atoms with Gasteiger partial charge in [0.2, 0.25) is 17.7 Å². The second-order valence-corrected chi connectivity index (χ2v) is 6.65. The molecule has 24 heavy (non-hydrogen) atoms. The van der Waals surface area contributed by atoms with Crippen LogP contribution in [0.25, 0.3) is 0 Å². The van der Waals surface area contributed by atoms with Gasteiger partial charge in [-0.25, -0.2) is 15.0 Å². The first-order valence-corrected chi connectivity index (χ1v) is 8.36. The molecule has 0 radical (unpaired) electrons. The molecule has 0 aromatic carbocycles. The van der Waals surface area contributed by atoms with Gasteiger partial charge in [0, 0.05) is 37.1 Å². The highest BCUT2D eigenvalue weighted by atomic mass is 32.1. The van der Waals surface area contributed by atoms with Crippen LogP contribution in [0.2, 0.25) is 0 Å². The third-order valence-electron chi connectivity index (χ3n) is 3.82. The van der Waals surface area contributed by atoms with Gasteiger partial charge < -0.3 is 14.8 Å². The summed E-state index contributed by atoms with van der Waals surface area (Å²) in [6.07, 6.45) is 3.30. The Kier molecular flexibility index (Phi) is 4.91. The highest BCUT2D eigenvalue weighted by Crippen LogP contribution is 2.28. The van der Waals surface area contributed by atoms with Crippen LogP contribution in [0.1, 0.15) is 18.7 Å². The van der Waals surface area contributed by atoms with E-state index in [4.69, 9.17) is 9.47 Å². The van der Waals surface area contributed by atoms with Gasteiger partial charge in [-0.15, -0.1) is 11.3 Å².